The minimum atomic E-state index is 0.0233. The molecule has 1 fully saturated rings. The summed E-state index contributed by atoms with van der Waals surface area (Å²) in [5.41, 5.74) is 9.02. The van der Waals surface area contributed by atoms with E-state index < -0.39 is 0 Å². The van der Waals surface area contributed by atoms with Crippen molar-refractivity contribution in [2.75, 3.05) is 32.0 Å². The Morgan fingerprint density at radius 3 is 2.80 bits per heavy atom. The number of rotatable bonds is 1. The zero-order valence-electron chi connectivity index (χ0n) is 11.4. The van der Waals surface area contributed by atoms with Crippen LogP contribution in [-0.4, -0.2) is 42.1 Å². The standard InChI is InChI=1S/C15H17N3O2/c1-10-8-13(16)12-9-11(2-3-14(12)17-10)15(19)18-4-6-20-7-5-18/h2-3,8-9H,4-7H2,1H3,(H2,16,17). The highest BCUT2D eigenvalue weighted by Crippen LogP contribution is 2.22. The predicted molar refractivity (Wildman–Crippen MR) is 77.6 cm³/mol. The van der Waals surface area contributed by atoms with Gasteiger partial charge in [-0.3, -0.25) is 9.78 Å². The zero-order valence-corrected chi connectivity index (χ0v) is 11.4. The molecule has 5 nitrogen and oxygen atoms in total. The maximum Gasteiger partial charge on any atom is 0.254 e. The SMILES string of the molecule is Cc1cc(N)c2cc(C(=O)N3CCOCC3)ccc2n1. The van der Waals surface area contributed by atoms with E-state index in [1.54, 1.807) is 0 Å². The second-order valence-corrected chi connectivity index (χ2v) is 4.99. The smallest absolute Gasteiger partial charge is 0.254 e. The third-order valence-electron chi connectivity index (χ3n) is 3.51. The van der Waals surface area contributed by atoms with Gasteiger partial charge in [-0.15, -0.1) is 0 Å². The number of carbonyl (C=O) groups excluding carboxylic acids is 1. The van der Waals surface area contributed by atoms with Crippen LogP contribution in [0.3, 0.4) is 0 Å². The van der Waals surface area contributed by atoms with Gasteiger partial charge in [-0.25, -0.2) is 0 Å². The molecule has 5 heteroatoms. The molecule has 1 amide bonds. The molecule has 0 unspecified atom stereocenters. The Balaban J connectivity index is 1.98. The highest BCUT2D eigenvalue weighted by atomic mass is 16.5. The molecule has 1 aromatic carbocycles. The third-order valence-corrected chi connectivity index (χ3v) is 3.51. The number of carbonyl (C=O) groups is 1. The number of hydrogen-bond acceptors (Lipinski definition) is 4. The van der Waals surface area contributed by atoms with E-state index in [4.69, 9.17) is 10.5 Å². The fourth-order valence-electron chi connectivity index (χ4n) is 2.47. The Bertz CT molecular complexity index is 663. The molecule has 2 heterocycles. The second kappa shape index (κ2) is 5.09. The van der Waals surface area contributed by atoms with Gasteiger partial charge >= 0.3 is 0 Å². The van der Waals surface area contributed by atoms with Gasteiger partial charge < -0.3 is 15.4 Å². The lowest BCUT2D eigenvalue weighted by atomic mass is 10.1. The van der Waals surface area contributed by atoms with Crippen LogP contribution < -0.4 is 5.73 Å². The van der Waals surface area contributed by atoms with E-state index in [0.29, 0.717) is 37.6 Å². The molecule has 1 saturated heterocycles. The van der Waals surface area contributed by atoms with Crippen molar-refractivity contribution >= 4 is 22.5 Å². The number of pyridine rings is 1. The first-order valence-corrected chi connectivity index (χ1v) is 6.69. The van der Waals surface area contributed by atoms with Crippen molar-refractivity contribution < 1.29 is 9.53 Å². The minimum absolute atomic E-state index is 0.0233. The first-order chi connectivity index (χ1) is 9.65. The van der Waals surface area contributed by atoms with Gasteiger partial charge in [0.2, 0.25) is 0 Å². The van der Waals surface area contributed by atoms with E-state index in [1.165, 1.54) is 0 Å². The molecule has 1 aliphatic rings. The van der Waals surface area contributed by atoms with Crippen LogP contribution in [0, 0.1) is 6.92 Å². The molecule has 1 aliphatic heterocycles. The molecule has 1 aromatic heterocycles. The predicted octanol–water partition coefficient (Wildman–Crippen LogP) is 1.60. The Morgan fingerprint density at radius 1 is 1.30 bits per heavy atom. The summed E-state index contributed by atoms with van der Waals surface area (Å²) in [5, 5.41) is 0.828. The van der Waals surface area contributed by atoms with Crippen molar-refractivity contribution in [2.45, 2.75) is 6.92 Å². The molecule has 3 rings (SSSR count). The number of amides is 1. The van der Waals surface area contributed by atoms with E-state index in [2.05, 4.69) is 4.98 Å². The van der Waals surface area contributed by atoms with Crippen molar-refractivity contribution in [2.24, 2.45) is 0 Å². The lowest BCUT2D eigenvalue weighted by molar-refractivity contribution is 0.0303. The average molecular weight is 271 g/mol. The molecular formula is C15H17N3O2. The number of ether oxygens (including phenoxy) is 1. The van der Waals surface area contributed by atoms with Gasteiger partial charge in [0.15, 0.2) is 0 Å². The average Bonchev–Trinajstić information content (AvgIpc) is 2.47. The van der Waals surface area contributed by atoms with Crippen molar-refractivity contribution in [3.63, 3.8) is 0 Å². The molecule has 104 valence electrons. The number of aromatic nitrogens is 1. The van der Waals surface area contributed by atoms with Gasteiger partial charge in [-0.2, -0.15) is 0 Å². The molecule has 0 aliphatic carbocycles. The summed E-state index contributed by atoms with van der Waals surface area (Å²) >= 11 is 0. The van der Waals surface area contributed by atoms with Crippen molar-refractivity contribution in [3.05, 3.63) is 35.5 Å². The number of anilines is 1. The van der Waals surface area contributed by atoms with E-state index in [-0.39, 0.29) is 5.91 Å². The summed E-state index contributed by atoms with van der Waals surface area (Å²) in [6, 6.07) is 7.32. The minimum Gasteiger partial charge on any atom is -0.398 e. The molecule has 0 radical (unpaired) electrons. The first-order valence-electron chi connectivity index (χ1n) is 6.69. The molecule has 2 aromatic rings. The molecule has 0 atom stereocenters. The summed E-state index contributed by atoms with van der Waals surface area (Å²) in [5.74, 6) is 0.0233. The molecule has 2 N–H and O–H groups in total. The molecular weight excluding hydrogens is 254 g/mol. The summed E-state index contributed by atoms with van der Waals surface area (Å²) in [7, 11) is 0. The van der Waals surface area contributed by atoms with Crippen molar-refractivity contribution in [1.82, 2.24) is 9.88 Å². The number of morpholine rings is 1. The van der Waals surface area contributed by atoms with Crippen LogP contribution in [0.1, 0.15) is 16.1 Å². The van der Waals surface area contributed by atoms with Crippen LogP contribution in [0.4, 0.5) is 5.69 Å². The second-order valence-electron chi connectivity index (χ2n) is 4.99. The summed E-state index contributed by atoms with van der Waals surface area (Å²) < 4.78 is 5.26. The Labute approximate surface area is 117 Å². The van der Waals surface area contributed by atoms with Gasteiger partial charge in [0.25, 0.3) is 5.91 Å². The van der Waals surface area contributed by atoms with Gasteiger partial charge in [0.1, 0.15) is 0 Å². The van der Waals surface area contributed by atoms with Gasteiger partial charge in [-0.05, 0) is 31.2 Å². The van der Waals surface area contributed by atoms with Gasteiger partial charge in [0.05, 0.1) is 18.7 Å². The maximum absolute atomic E-state index is 12.4. The van der Waals surface area contributed by atoms with Crippen LogP contribution in [0.2, 0.25) is 0 Å². The van der Waals surface area contributed by atoms with Crippen LogP contribution in [0.5, 0.6) is 0 Å². The number of hydrogen-bond donors (Lipinski definition) is 1. The Morgan fingerprint density at radius 2 is 2.05 bits per heavy atom. The highest BCUT2D eigenvalue weighted by molar-refractivity contribution is 6.00. The fraction of sp³-hybridized carbons (Fsp3) is 0.333. The Hall–Kier alpha value is -2.14. The molecule has 20 heavy (non-hydrogen) atoms. The Kier molecular flexibility index (Phi) is 3.28. The van der Waals surface area contributed by atoms with Crippen LogP contribution in [-0.2, 0) is 4.74 Å². The van der Waals surface area contributed by atoms with Gasteiger partial charge in [0, 0.05) is 35.4 Å². The quantitative estimate of drug-likeness (QED) is 0.855. The number of aryl methyl sites for hydroxylation is 1. The van der Waals surface area contributed by atoms with Crippen LogP contribution in [0.25, 0.3) is 10.9 Å². The number of nitrogens with zero attached hydrogens (tertiary/aromatic N) is 2. The number of fused-ring (bicyclic) bond motifs is 1. The first kappa shape index (κ1) is 12.9. The maximum atomic E-state index is 12.4. The summed E-state index contributed by atoms with van der Waals surface area (Å²) in [4.78, 5) is 18.7. The third kappa shape index (κ3) is 2.32. The van der Waals surface area contributed by atoms with E-state index in [9.17, 15) is 4.79 Å². The van der Waals surface area contributed by atoms with Crippen molar-refractivity contribution in [3.8, 4) is 0 Å². The normalized spacial score (nSPS) is 15.6. The molecule has 0 spiro atoms. The topological polar surface area (TPSA) is 68.5 Å². The van der Waals surface area contributed by atoms with Crippen LogP contribution in [0.15, 0.2) is 24.3 Å². The number of nitrogen functional groups attached to an aromatic ring is 1. The zero-order chi connectivity index (χ0) is 14.1. The number of benzene rings is 1. The van der Waals surface area contributed by atoms with Crippen LogP contribution >= 0.6 is 0 Å². The van der Waals surface area contributed by atoms with E-state index in [1.807, 2.05) is 36.1 Å². The molecule has 0 saturated carbocycles. The molecule has 0 bridgehead atoms. The lowest BCUT2D eigenvalue weighted by Gasteiger charge is -2.27. The summed E-state index contributed by atoms with van der Waals surface area (Å²) in [6.07, 6.45) is 0. The van der Waals surface area contributed by atoms with Crippen molar-refractivity contribution in [1.29, 1.82) is 0 Å². The highest BCUT2D eigenvalue weighted by Gasteiger charge is 2.19. The van der Waals surface area contributed by atoms with E-state index >= 15 is 0 Å². The summed E-state index contributed by atoms with van der Waals surface area (Å²) in [6.45, 7) is 4.38. The van der Waals surface area contributed by atoms with Gasteiger partial charge in [-0.1, -0.05) is 0 Å². The largest absolute Gasteiger partial charge is 0.398 e. The van der Waals surface area contributed by atoms with E-state index in [0.717, 1.165) is 16.6 Å². The lowest BCUT2D eigenvalue weighted by Crippen LogP contribution is -2.40. The fourth-order valence-corrected chi connectivity index (χ4v) is 2.47. The monoisotopic (exact) mass is 271 g/mol. The number of nitrogens with two attached hydrogens (primary N) is 1.